The summed E-state index contributed by atoms with van der Waals surface area (Å²) < 4.78 is 5.19. The fraction of sp³-hybridized carbons (Fsp3) is 0.600. The van der Waals surface area contributed by atoms with Crippen molar-refractivity contribution in [3.8, 4) is 5.75 Å². The number of aliphatic hydroxyl groups is 1. The van der Waals surface area contributed by atoms with Crippen molar-refractivity contribution in [2.75, 3.05) is 20.3 Å². The number of hydrogen-bond acceptors (Lipinski definition) is 3. The highest BCUT2D eigenvalue weighted by atomic mass is 16.5. The second-order valence-electron chi connectivity index (χ2n) is 5.28. The number of methoxy groups -OCH3 is 1. The lowest BCUT2D eigenvalue weighted by atomic mass is 10.0. The highest BCUT2D eigenvalue weighted by Crippen LogP contribution is 2.41. The molecule has 1 aliphatic rings. The Morgan fingerprint density at radius 3 is 2.50 bits per heavy atom. The number of ether oxygens (including phenoxy) is 1. The lowest BCUT2D eigenvalue weighted by Crippen LogP contribution is -2.29. The van der Waals surface area contributed by atoms with E-state index in [9.17, 15) is 0 Å². The zero-order valence-corrected chi connectivity index (χ0v) is 11.2. The third kappa shape index (κ3) is 3.47. The third-order valence-corrected chi connectivity index (χ3v) is 3.57. The quantitative estimate of drug-likeness (QED) is 0.779. The lowest BCUT2D eigenvalue weighted by molar-refractivity contribution is 0.228. The monoisotopic (exact) mass is 249 g/mol. The van der Waals surface area contributed by atoms with Crippen LogP contribution in [0.1, 0.15) is 31.4 Å². The van der Waals surface area contributed by atoms with Crippen molar-refractivity contribution in [2.24, 2.45) is 11.8 Å². The van der Waals surface area contributed by atoms with Gasteiger partial charge in [0, 0.05) is 19.2 Å². The first-order chi connectivity index (χ1) is 8.74. The number of nitrogens with one attached hydrogen (secondary N) is 1. The number of benzene rings is 1. The maximum Gasteiger partial charge on any atom is 0.118 e. The van der Waals surface area contributed by atoms with Crippen LogP contribution in [0.3, 0.4) is 0 Å². The van der Waals surface area contributed by atoms with Crippen LogP contribution in [-0.4, -0.2) is 25.4 Å². The Kier molecular flexibility index (Phi) is 4.61. The highest BCUT2D eigenvalue weighted by molar-refractivity contribution is 5.30. The van der Waals surface area contributed by atoms with Crippen LogP contribution >= 0.6 is 0 Å². The largest absolute Gasteiger partial charge is 0.497 e. The van der Waals surface area contributed by atoms with E-state index in [1.165, 1.54) is 18.4 Å². The van der Waals surface area contributed by atoms with Crippen molar-refractivity contribution < 1.29 is 9.84 Å². The fourth-order valence-corrected chi connectivity index (χ4v) is 2.19. The van der Waals surface area contributed by atoms with E-state index in [1.54, 1.807) is 7.11 Å². The van der Waals surface area contributed by atoms with Gasteiger partial charge in [-0.25, -0.2) is 0 Å². The van der Waals surface area contributed by atoms with E-state index in [2.05, 4.69) is 24.4 Å². The molecule has 0 aliphatic heterocycles. The first kappa shape index (κ1) is 13.4. The van der Waals surface area contributed by atoms with E-state index in [0.717, 1.165) is 18.2 Å². The Bertz CT molecular complexity index is 359. The molecule has 3 nitrogen and oxygen atoms in total. The molecule has 1 fully saturated rings. The van der Waals surface area contributed by atoms with Crippen LogP contribution in [0.5, 0.6) is 5.75 Å². The second kappa shape index (κ2) is 6.21. The molecule has 0 amide bonds. The summed E-state index contributed by atoms with van der Waals surface area (Å²) in [6.45, 7) is 3.17. The van der Waals surface area contributed by atoms with Gasteiger partial charge in [0.1, 0.15) is 5.75 Å². The zero-order valence-electron chi connectivity index (χ0n) is 11.2. The summed E-state index contributed by atoms with van der Waals surface area (Å²) in [5.41, 5.74) is 1.32. The smallest absolute Gasteiger partial charge is 0.118 e. The molecule has 2 atom stereocenters. The minimum atomic E-state index is 0.243. The SMILES string of the molecule is COc1ccc(C(NCC(C)CO)C2CC2)cc1. The van der Waals surface area contributed by atoms with Crippen molar-refractivity contribution in [3.63, 3.8) is 0 Å². The summed E-state index contributed by atoms with van der Waals surface area (Å²) in [6.07, 6.45) is 2.61. The van der Waals surface area contributed by atoms with Crippen molar-refractivity contribution in [1.29, 1.82) is 0 Å². The van der Waals surface area contributed by atoms with E-state index in [1.807, 2.05) is 12.1 Å². The molecule has 0 spiro atoms. The maximum atomic E-state index is 9.08. The van der Waals surface area contributed by atoms with Crippen LogP contribution in [0.2, 0.25) is 0 Å². The van der Waals surface area contributed by atoms with Crippen molar-refractivity contribution in [3.05, 3.63) is 29.8 Å². The van der Waals surface area contributed by atoms with Gasteiger partial charge in [0.15, 0.2) is 0 Å². The van der Waals surface area contributed by atoms with E-state index in [-0.39, 0.29) is 6.61 Å². The summed E-state index contributed by atoms with van der Waals surface area (Å²) in [7, 11) is 1.69. The number of aliphatic hydroxyl groups excluding tert-OH is 1. The molecule has 2 rings (SSSR count). The van der Waals surface area contributed by atoms with Crippen LogP contribution in [0.4, 0.5) is 0 Å². The Morgan fingerprint density at radius 2 is 2.00 bits per heavy atom. The predicted molar refractivity (Wildman–Crippen MR) is 72.7 cm³/mol. The number of rotatable bonds is 7. The van der Waals surface area contributed by atoms with E-state index in [0.29, 0.717) is 12.0 Å². The van der Waals surface area contributed by atoms with Gasteiger partial charge in [-0.05, 0) is 42.4 Å². The average molecular weight is 249 g/mol. The first-order valence-corrected chi connectivity index (χ1v) is 6.72. The summed E-state index contributed by atoms with van der Waals surface area (Å²) in [4.78, 5) is 0. The molecule has 1 aromatic rings. The van der Waals surface area contributed by atoms with E-state index in [4.69, 9.17) is 9.84 Å². The van der Waals surface area contributed by atoms with Crippen LogP contribution in [0.25, 0.3) is 0 Å². The molecule has 0 aromatic heterocycles. The molecule has 0 heterocycles. The fourth-order valence-electron chi connectivity index (χ4n) is 2.19. The standard InChI is InChI=1S/C15H23NO2/c1-11(10-17)9-16-15(12-3-4-12)13-5-7-14(18-2)8-6-13/h5-8,11-12,15-17H,3-4,9-10H2,1-2H3. The van der Waals surface area contributed by atoms with E-state index >= 15 is 0 Å². The molecule has 2 unspecified atom stereocenters. The van der Waals surface area contributed by atoms with Crippen LogP contribution in [0, 0.1) is 11.8 Å². The highest BCUT2D eigenvalue weighted by Gasteiger charge is 2.32. The maximum absolute atomic E-state index is 9.08. The van der Waals surface area contributed by atoms with Gasteiger partial charge in [-0.3, -0.25) is 0 Å². The van der Waals surface area contributed by atoms with Gasteiger partial charge in [-0.15, -0.1) is 0 Å². The molecular formula is C15H23NO2. The molecule has 100 valence electrons. The van der Waals surface area contributed by atoms with Gasteiger partial charge in [-0.1, -0.05) is 19.1 Å². The minimum absolute atomic E-state index is 0.243. The third-order valence-electron chi connectivity index (χ3n) is 3.57. The van der Waals surface area contributed by atoms with Gasteiger partial charge in [0.05, 0.1) is 7.11 Å². The Labute approximate surface area is 109 Å². The predicted octanol–water partition coefficient (Wildman–Crippen LogP) is 2.36. The molecule has 18 heavy (non-hydrogen) atoms. The van der Waals surface area contributed by atoms with E-state index < -0.39 is 0 Å². The van der Waals surface area contributed by atoms with Crippen molar-refractivity contribution in [1.82, 2.24) is 5.32 Å². The van der Waals surface area contributed by atoms with Gasteiger partial charge in [0.2, 0.25) is 0 Å². The van der Waals surface area contributed by atoms with Crippen LogP contribution < -0.4 is 10.1 Å². The first-order valence-electron chi connectivity index (χ1n) is 6.72. The van der Waals surface area contributed by atoms with Crippen LogP contribution in [-0.2, 0) is 0 Å². The normalized spacial score (nSPS) is 18.4. The van der Waals surface area contributed by atoms with Crippen molar-refractivity contribution in [2.45, 2.75) is 25.8 Å². The Morgan fingerprint density at radius 1 is 1.33 bits per heavy atom. The molecule has 1 aliphatic carbocycles. The summed E-state index contributed by atoms with van der Waals surface area (Å²) in [5, 5.41) is 12.7. The second-order valence-corrected chi connectivity index (χ2v) is 5.28. The summed E-state index contributed by atoms with van der Waals surface area (Å²) >= 11 is 0. The minimum Gasteiger partial charge on any atom is -0.497 e. The zero-order chi connectivity index (χ0) is 13.0. The van der Waals surface area contributed by atoms with Gasteiger partial charge < -0.3 is 15.2 Å². The van der Waals surface area contributed by atoms with Gasteiger partial charge in [0.25, 0.3) is 0 Å². The average Bonchev–Trinajstić information content (AvgIpc) is 3.24. The molecule has 0 bridgehead atoms. The summed E-state index contributed by atoms with van der Waals surface area (Å²) in [5.74, 6) is 1.96. The lowest BCUT2D eigenvalue weighted by Gasteiger charge is -2.21. The molecule has 2 N–H and O–H groups in total. The van der Waals surface area contributed by atoms with Crippen molar-refractivity contribution >= 4 is 0 Å². The summed E-state index contributed by atoms with van der Waals surface area (Å²) in [6, 6.07) is 8.73. The van der Waals surface area contributed by atoms with Gasteiger partial charge >= 0.3 is 0 Å². The number of hydrogen-bond donors (Lipinski definition) is 2. The molecule has 1 saturated carbocycles. The Balaban J connectivity index is 1.99. The molecule has 1 aromatic carbocycles. The van der Waals surface area contributed by atoms with Gasteiger partial charge in [-0.2, -0.15) is 0 Å². The molecule has 0 radical (unpaired) electrons. The molecule has 3 heteroatoms. The topological polar surface area (TPSA) is 41.5 Å². The molecule has 0 saturated heterocycles. The molecular weight excluding hydrogens is 226 g/mol. The van der Waals surface area contributed by atoms with Crippen LogP contribution in [0.15, 0.2) is 24.3 Å². The Hall–Kier alpha value is -1.06.